The molecule has 1 fully saturated rings. The van der Waals surface area contributed by atoms with Crippen molar-refractivity contribution in [1.29, 1.82) is 0 Å². The highest BCUT2D eigenvalue weighted by atomic mass is 79.9. The van der Waals surface area contributed by atoms with Crippen LogP contribution >= 0.6 is 15.9 Å². The monoisotopic (exact) mass is 296 g/mol. The predicted octanol–water partition coefficient (Wildman–Crippen LogP) is 3.65. The van der Waals surface area contributed by atoms with E-state index in [9.17, 15) is 0 Å². The van der Waals surface area contributed by atoms with Crippen LogP contribution in [0.5, 0.6) is 0 Å². The van der Waals surface area contributed by atoms with E-state index < -0.39 is 0 Å². The molecule has 1 atom stereocenters. The van der Waals surface area contributed by atoms with Crippen molar-refractivity contribution in [2.45, 2.75) is 32.7 Å². The summed E-state index contributed by atoms with van der Waals surface area (Å²) in [5, 5.41) is 0. The summed E-state index contributed by atoms with van der Waals surface area (Å²) >= 11 is 3.44. The van der Waals surface area contributed by atoms with Gasteiger partial charge in [0.05, 0.1) is 0 Å². The van der Waals surface area contributed by atoms with Crippen LogP contribution in [-0.2, 0) is 6.54 Å². The molecular weight excluding hydrogens is 276 g/mol. The lowest BCUT2D eigenvalue weighted by atomic mass is 10.0. The molecular formula is C14H21BrN2. The second-order valence-electron chi connectivity index (χ2n) is 5.17. The van der Waals surface area contributed by atoms with Crippen LogP contribution in [0.1, 0.15) is 31.7 Å². The minimum absolute atomic E-state index is 0.839. The maximum absolute atomic E-state index is 5.91. The van der Waals surface area contributed by atoms with E-state index in [-0.39, 0.29) is 0 Å². The number of nitrogens with zero attached hydrogens (tertiary/aromatic N) is 1. The van der Waals surface area contributed by atoms with E-state index in [1.807, 2.05) is 6.07 Å². The van der Waals surface area contributed by atoms with Crippen LogP contribution in [-0.4, -0.2) is 18.0 Å². The van der Waals surface area contributed by atoms with Gasteiger partial charge in [-0.1, -0.05) is 13.0 Å². The summed E-state index contributed by atoms with van der Waals surface area (Å²) in [6.45, 7) is 5.84. The first kappa shape index (κ1) is 12.9. The molecule has 2 nitrogen and oxygen atoms in total. The van der Waals surface area contributed by atoms with Crippen molar-refractivity contribution in [3.63, 3.8) is 0 Å². The fourth-order valence-electron chi connectivity index (χ4n) is 2.43. The van der Waals surface area contributed by atoms with Crippen LogP contribution in [0.3, 0.4) is 0 Å². The zero-order valence-electron chi connectivity index (χ0n) is 10.5. The molecule has 0 amide bonds. The van der Waals surface area contributed by atoms with Gasteiger partial charge in [0, 0.05) is 16.7 Å². The summed E-state index contributed by atoms with van der Waals surface area (Å²) in [5.41, 5.74) is 8.07. The number of likely N-dealkylation sites (tertiary alicyclic amines) is 1. The molecule has 1 aromatic carbocycles. The van der Waals surface area contributed by atoms with E-state index in [4.69, 9.17) is 5.73 Å². The van der Waals surface area contributed by atoms with Gasteiger partial charge in [0.25, 0.3) is 0 Å². The molecule has 1 unspecified atom stereocenters. The van der Waals surface area contributed by atoms with Gasteiger partial charge in [0.15, 0.2) is 0 Å². The maximum Gasteiger partial charge on any atom is 0.0461 e. The van der Waals surface area contributed by atoms with Crippen molar-refractivity contribution >= 4 is 21.6 Å². The molecule has 0 bridgehead atoms. The van der Waals surface area contributed by atoms with Crippen LogP contribution in [0.4, 0.5) is 5.69 Å². The number of benzene rings is 1. The van der Waals surface area contributed by atoms with Crippen molar-refractivity contribution in [3.8, 4) is 0 Å². The quantitative estimate of drug-likeness (QED) is 0.844. The molecule has 1 aliphatic heterocycles. The average molecular weight is 297 g/mol. The van der Waals surface area contributed by atoms with Crippen molar-refractivity contribution < 1.29 is 0 Å². The average Bonchev–Trinajstić information content (AvgIpc) is 2.49. The molecule has 1 heterocycles. The number of nitrogens with two attached hydrogens (primary N) is 1. The SMILES string of the molecule is CC1CCCN(Cc2ccc(Br)c(N)c2)CC1. The Morgan fingerprint density at radius 1 is 1.35 bits per heavy atom. The Morgan fingerprint density at radius 3 is 2.94 bits per heavy atom. The first-order valence-corrected chi connectivity index (χ1v) is 7.20. The Labute approximate surface area is 112 Å². The van der Waals surface area contributed by atoms with E-state index in [1.54, 1.807) is 0 Å². The standard InChI is InChI=1S/C14H21BrN2/c1-11-3-2-7-17(8-6-11)10-12-4-5-13(15)14(16)9-12/h4-5,9,11H,2-3,6-8,10,16H2,1H3. The van der Waals surface area contributed by atoms with E-state index >= 15 is 0 Å². The van der Waals surface area contributed by atoms with Crippen molar-refractivity contribution in [3.05, 3.63) is 28.2 Å². The number of hydrogen-bond acceptors (Lipinski definition) is 2. The zero-order valence-corrected chi connectivity index (χ0v) is 12.0. The molecule has 3 heteroatoms. The molecule has 2 N–H and O–H groups in total. The van der Waals surface area contributed by atoms with Gasteiger partial charge < -0.3 is 5.73 Å². The predicted molar refractivity (Wildman–Crippen MR) is 76.8 cm³/mol. The third-order valence-corrected chi connectivity index (χ3v) is 4.30. The Balaban J connectivity index is 1.97. The summed E-state index contributed by atoms with van der Waals surface area (Å²) in [6, 6.07) is 6.29. The summed E-state index contributed by atoms with van der Waals surface area (Å²) in [7, 11) is 0. The molecule has 17 heavy (non-hydrogen) atoms. The number of nitrogen functional groups attached to an aromatic ring is 1. The van der Waals surface area contributed by atoms with E-state index in [0.717, 1.165) is 22.6 Å². The maximum atomic E-state index is 5.91. The van der Waals surface area contributed by atoms with Gasteiger partial charge in [-0.2, -0.15) is 0 Å². The minimum atomic E-state index is 0.839. The second-order valence-corrected chi connectivity index (χ2v) is 6.02. The number of anilines is 1. The van der Waals surface area contributed by atoms with Gasteiger partial charge in [-0.05, 0) is 71.9 Å². The molecule has 0 saturated carbocycles. The third-order valence-electron chi connectivity index (χ3n) is 3.58. The Kier molecular flexibility index (Phi) is 4.46. The Morgan fingerprint density at radius 2 is 2.18 bits per heavy atom. The van der Waals surface area contributed by atoms with Crippen molar-refractivity contribution in [2.24, 2.45) is 5.92 Å². The van der Waals surface area contributed by atoms with Gasteiger partial charge in [0.1, 0.15) is 0 Å². The molecule has 1 saturated heterocycles. The zero-order chi connectivity index (χ0) is 12.3. The van der Waals surface area contributed by atoms with Crippen LogP contribution < -0.4 is 5.73 Å². The third kappa shape index (κ3) is 3.71. The molecule has 0 spiro atoms. The molecule has 0 radical (unpaired) electrons. The van der Waals surface area contributed by atoms with E-state index in [0.29, 0.717) is 0 Å². The minimum Gasteiger partial charge on any atom is -0.398 e. The fraction of sp³-hybridized carbons (Fsp3) is 0.571. The number of hydrogen-bond donors (Lipinski definition) is 1. The van der Waals surface area contributed by atoms with Gasteiger partial charge in [-0.3, -0.25) is 4.90 Å². The molecule has 1 aliphatic rings. The fourth-order valence-corrected chi connectivity index (χ4v) is 2.68. The van der Waals surface area contributed by atoms with Crippen molar-refractivity contribution in [1.82, 2.24) is 4.90 Å². The number of halogens is 1. The highest BCUT2D eigenvalue weighted by Gasteiger charge is 2.13. The largest absolute Gasteiger partial charge is 0.398 e. The topological polar surface area (TPSA) is 29.3 Å². The van der Waals surface area contributed by atoms with Crippen LogP contribution in [0, 0.1) is 5.92 Å². The van der Waals surface area contributed by atoms with E-state index in [2.05, 4.69) is 39.9 Å². The first-order valence-electron chi connectivity index (χ1n) is 6.41. The number of rotatable bonds is 2. The summed E-state index contributed by atoms with van der Waals surface area (Å²) < 4.78 is 0.991. The lowest BCUT2D eigenvalue weighted by Gasteiger charge is -2.20. The van der Waals surface area contributed by atoms with Crippen LogP contribution in [0.25, 0.3) is 0 Å². The Bertz CT molecular complexity index is 378. The Hall–Kier alpha value is -0.540. The smallest absolute Gasteiger partial charge is 0.0461 e. The first-order chi connectivity index (χ1) is 8.15. The summed E-state index contributed by atoms with van der Waals surface area (Å²) in [4.78, 5) is 2.55. The lowest BCUT2D eigenvalue weighted by molar-refractivity contribution is 0.273. The van der Waals surface area contributed by atoms with Gasteiger partial charge >= 0.3 is 0 Å². The van der Waals surface area contributed by atoms with Gasteiger partial charge in [-0.25, -0.2) is 0 Å². The molecule has 1 aromatic rings. The lowest BCUT2D eigenvalue weighted by Crippen LogP contribution is -2.24. The van der Waals surface area contributed by atoms with Crippen molar-refractivity contribution in [2.75, 3.05) is 18.8 Å². The molecule has 94 valence electrons. The summed E-state index contributed by atoms with van der Waals surface area (Å²) in [6.07, 6.45) is 4.03. The summed E-state index contributed by atoms with van der Waals surface area (Å²) in [5.74, 6) is 0.884. The second kappa shape index (κ2) is 5.87. The molecule has 0 aromatic heterocycles. The highest BCUT2D eigenvalue weighted by Crippen LogP contribution is 2.22. The molecule has 2 rings (SSSR count). The van der Waals surface area contributed by atoms with Crippen LogP contribution in [0.2, 0.25) is 0 Å². The highest BCUT2D eigenvalue weighted by molar-refractivity contribution is 9.10. The van der Waals surface area contributed by atoms with Crippen LogP contribution in [0.15, 0.2) is 22.7 Å². The van der Waals surface area contributed by atoms with E-state index in [1.165, 1.54) is 37.9 Å². The molecule has 0 aliphatic carbocycles. The van der Waals surface area contributed by atoms with Gasteiger partial charge in [-0.15, -0.1) is 0 Å². The van der Waals surface area contributed by atoms with Gasteiger partial charge in [0.2, 0.25) is 0 Å². The normalized spacial score (nSPS) is 22.4.